The van der Waals surface area contributed by atoms with Crippen molar-refractivity contribution < 1.29 is 4.79 Å². The van der Waals surface area contributed by atoms with E-state index in [1.165, 1.54) is 5.56 Å². The number of thiophene rings is 1. The highest BCUT2D eigenvalue weighted by molar-refractivity contribution is 14.0. The summed E-state index contributed by atoms with van der Waals surface area (Å²) in [6, 6.07) is 7.86. The lowest BCUT2D eigenvalue weighted by Gasteiger charge is -2.12. The Morgan fingerprint density at radius 2 is 2.08 bits per heavy atom. The number of nitrogens with zero attached hydrogens (tertiary/aromatic N) is 1. The van der Waals surface area contributed by atoms with Crippen LogP contribution in [-0.4, -0.2) is 25.0 Å². The lowest BCUT2D eigenvalue weighted by Crippen LogP contribution is -2.38. The van der Waals surface area contributed by atoms with Gasteiger partial charge in [0.2, 0.25) is 5.91 Å². The van der Waals surface area contributed by atoms with E-state index >= 15 is 0 Å². The molecule has 1 aromatic heterocycles. The molecule has 2 aromatic rings. The highest BCUT2D eigenvalue weighted by atomic mass is 127. The number of carbonyl (C=O) groups is 1. The van der Waals surface area contributed by atoms with Crippen LogP contribution < -0.4 is 16.0 Å². The number of nitrogens with one attached hydrogen (secondary N) is 3. The van der Waals surface area contributed by atoms with Crippen molar-refractivity contribution >= 4 is 68.8 Å². The quantitative estimate of drug-likeness (QED) is 0.270. The molecule has 26 heavy (non-hydrogen) atoms. The molecule has 0 bridgehead atoms. The van der Waals surface area contributed by atoms with Crippen molar-refractivity contribution in [3.63, 3.8) is 0 Å². The molecule has 1 amide bonds. The van der Waals surface area contributed by atoms with Crippen molar-refractivity contribution in [2.24, 2.45) is 4.99 Å². The van der Waals surface area contributed by atoms with Gasteiger partial charge in [-0.25, -0.2) is 4.99 Å². The van der Waals surface area contributed by atoms with Crippen molar-refractivity contribution in [2.75, 3.05) is 18.4 Å². The van der Waals surface area contributed by atoms with Gasteiger partial charge in [0, 0.05) is 29.7 Å². The summed E-state index contributed by atoms with van der Waals surface area (Å²) in [7, 11) is 0. The van der Waals surface area contributed by atoms with Gasteiger partial charge in [0.05, 0.1) is 6.54 Å². The number of rotatable bonds is 7. The van der Waals surface area contributed by atoms with Crippen LogP contribution in [0.5, 0.6) is 0 Å². The van der Waals surface area contributed by atoms with E-state index in [9.17, 15) is 4.79 Å². The zero-order valence-electron chi connectivity index (χ0n) is 14.8. The van der Waals surface area contributed by atoms with Crippen LogP contribution in [0.15, 0.2) is 44.5 Å². The lowest BCUT2D eigenvalue weighted by atomic mass is 10.2. The molecule has 8 heteroatoms. The first-order chi connectivity index (χ1) is 12.1. The zero-order valence-corrected chi connectivity index (χ0v) is 19.6. The number of guanidine groups is 1. The number of carbonyl (C=O) groups excluding carboxylic acids is 1. The average Bonchev–Trinajstić information content (AvgIpc) is 3.09. The Kier molecular flexibility index (Phi) is 10.8. The van der Waals surface area contributed by atoms with Crippen LogP contribution in [0.2, 0.25) is 0 Å². The van der Waals surface area contributed by atoms with Gasteiger partial charge in [-0.1, -0.05) is 15.9 Å². The molecule has 2 rings (SSSR count). The van der Waals surface area contributed by atoms with E-state index in [1.807, 2.05) is 37.4 Å². The summed E-state index contributed by atoms with van der Waals surface area (Å²) in [5.74, 6) is 0.702. The highest BCUT2D eigenvalue weighted by Crippen LogP contribution is 2.20. The second-order valence-electron chi connectivity index (χ2n) is 5.51. The van der Waals surface area contributed by atoms with E-state index < -0.39 is 0 Å². The topological polar surface area (TPSA) is 65.5 Å². The van der Waals surface area contributed by atoms with Gasteiger partial charge in [0.25, 0.3) is 0 Å². The van der Waals surface area contributed by atoms with E-state index in [4.69, 9.17) is 0 Å². The Bertz CT molecular complexity index is 722. The third kappa shape index (κ3) is 8.05. The Labute approximate surface area is 184 Å². The van der Waals surface area contributed by atoms with Crippen molar-refractivity contribution in [1.29, 1.82) is 0 Å². The summed E-state index contributed by atoms with van der Waals surface area (Å²) in [6.45, 7) is 5.92. The fourth-order valence-electron chi connectivity index (χ4n) is 2.17. The van der Waals surface area contributed by atoms with Gasteiger partial charge in [-0.2, -0.15) is 11.3 Å². The van der Waals surface area contributed by atoms with Crippen LogP contribution in [-0.2, 0) is 11.3 Å². The summed E-state index contributed by atoms with van der Waals surface area (Å²) >= 11 is 5.09. The first kappa shape index (κ1) is 22.9. The van der Waals surface area contributed by atoms with E-state index in [0.717, 1.165) is 28.2 Å². The van der Waals surface area contributed by atoms with Crippen LogP contribution >= 0.6 is 51.2 Å². The van der Waals surface area contributed by atoms with Gasteiger partial charge >= 0.3 is 0 Å². The van der Waals surface area contributed by atoms with Crippen LogP contribution in [0.4, 0.5) is 5.69 Å². The number of amides is 1. The molecule has 0 aliphatic heterocycles. The number of hydrogen-bond donors (Lipinski definition) is 3. The number of aryl methyl sites for hydroxylation is 1. The molecule has 142 valence electrons. The Balaban J connectivity index is 0.00000338. The molecule has 0 unspecified atom stereocenters. The SMILES string of the molecule is CCNC(=NCc1ccsc1)NCCC(=O)Nc1ccc(Br)cc1C.I. The summed E-state index contributed by atoms with van der Waals surface area (Å²) in [6.07, 6.45) is 0.373. The predicted molar refractivity (Wildman–Crippen MR) is 125 cm³/mol. The first-order valence-corrected chi connectivity index (χ1v) is 9.91. The predicted octanol–water partition coefficient (Wildman–Crippen LogP) is 4.52. The maximum absolute atomic E-state index is 12.1. The molecule has 3 N–H and O–H groups in total. The molecular weight excluding hydrogens is 527 g/mol. The van der Waals surface area contributed by atoms with E-state index in [0.29, 0.717) is 19.5 Å². The average molecular weight is 551 g/mol. The maximum Gasteiger partial charge on any atom is 0.226 e. The number of anilines is 1. The van der Waals surface area contributed by atoms with Crippen molar-refractivity contribution in [3.05, 3.63) is 50.6 Å². The van der Waals surface area contributed by atoms with Crippen LogP contribution in [0.25, 0.3) is 0 Å². The zero-order chi connectivity index (χ0) is 18.1. The summed E-state index contributed by atoms with van der Waals surface area (Å²) in [5, 5.41) is 13.5. The molecule has 0 atom stereocenters. The minimum absolute atomic E-state index is 0. The highest BCUT2D eigenvalue weighted by Gasteiger charge is 2.06. The third-order valence-corrected chi connectivity index (χ3v) is 4.68. The van der Waals surface area contributed by atoms with Crippen LogP contribution in [0.1, 0.15) is 24.5 Å². The Morgan fingerprint density at radius 1 is 1.27 bits per heavy atom. The molecule has 0 radical (unpaired) electrons. The molecule has 1 aromatic carbocycles. The molecule has 0 saturated carbocycles. The second-order valence-corrected chi connectivity index (χ2v) is 7.21. The van der Waals surface area contributed by atoms with E-state index in [2.05, 4.69) is 48.3 Å². The van der Waals surface area contributed by atoms with Crippen LogP contribution in [0.3, 0.4) is 0 Å². The smallest absolute Gasteiger partial charge is 0.226 e. The van der Waals surface area contributed by atoms with Crippen LogP contribution in [0, 0.1) is 6.92 Å². The molecule has 5 nitrogen and oxygen atoms in total. The van der Waals surface area contributed by atoms with E-state index in [-0.39, 0.29) is 29.9 Å². The van der Waals surface area contributed by atoms with E-state index in [1.54, 1.807) is 11.3 Å². The number of halogens is 2. The van der Waals surface area contributed by atoms with Crippen molar-refractivity contribution in [2.45, 2.75) is 26.8 Å². The second kappa shape index (κ2) is 12.3. The molecule has 1 heterocycles. The summed E-state index contributed by atoms with van der Waals surface area (Å²) < 4.78 is 1.00. The molecule has 0 aliphatic rings. The Morgan fingerprint density at radius 3 is 2.73 bits per heavy atom. The molecular formula is C18H24BrIN4OS. The number of hydrogen-bond acceptors (Lipinski definition) is 3. The van der Waals surface area contributed by atoms with Gasteiger partial charge in [0.1, 0.15) is 0 Å². The number of aliphatic imine (C=N–C) groups is 1. The summed E-state index contributed by atoms with van der Waals surface area (Å²) in [4.78, 5) is 16.6. The third-order valence-electron chi connectivity index (χ3n) is 3.45. The summed E-state index contributed by atoms with van der Waals surface area (Å²) in [5.41, 5.74) is 3.05. The monoisotopic (exact) mass is 550 g/mol. The van der Waals surface area contributed by atoms with Crippen molar-refractivity contribution in [3.8, 4) is 0 Å². The first-order valence-electron chi connectivity index (χ1n) is 8.17. The van der Waals surface area contributed by atoms with Gasteiger partial charge < -0.3 is 16.0 Å². The fraction of sp³-hybridized carbons (Fsp3) is 0.333. The minimum atomic E-state index is -0.0217. The maximum atomic E-state index is 12.1. The number of benzene rings is 1. The molecule has 0 spiro atoms. The molecule has 0 fully saturated rings. The lowest BCUT2D eigenvalue weighted by molar-refractivity contribution is -0.116. The van der Waals surface area contributed by atoms with Gasteiger partial charge in [-0.3, -0.25) is 4.79 Å². The van der Waals surface area contributed by atoms with Gasteiger partial charge in [0.15, 0.2) is 5.96 Å². The normalized spacial score (nSPS) is 10.8. The largest absolute Gasteiger partial charge is 0.357 e. The Hall–Kier alpha value is -1.13. The van der Waals surface area contributed by atoms with Gasteiger partial charge in [-0.15, -0.1) is 24.0 Å². The van der Waals surface area contributed by atoms with Crippen molar-refractivity contribution in [1.82, 2.24) is 10.6 Å². The molecule has 0 saturated heterocycles. The minimum Gasteiger partial charge on any atom is -0.357 e. The molecule has 0 aliphatic carbocycles. The van der Waals surface area contributed by atoms with Gasteiger partial charge in [-0.05, 0) is 60.0 Å². The fourth-order valence-corrected chi connectivity index (χ4v) is 3.30. The standard InChI is InChI=1S/C18H23BrN4OS.HI/c1-3-20-18(22-11-14-7-9-25-12-14)21-8-6-17(24)23-16-5-4-15(19)10-13(16)2;/h4-5,7,9-10,12H,3,6,8,11H2,1-2H3,(H,23,24)(H2,20,21,22);1H.